The molecule has 1 atom stereocenters. The van der Waals surface area contributed by atoms with Crippen molar-refractivity contribution in [3.8, 4) is 0 Å². The summed E-state index contributed by atoms with van der Waals surface area (Å²) in [5.41, 5.74) is 8.14. The van der Waals surface area contributed by atoms with E-state index in [4.69, 9.17) is 10.5 Å². The molecule has 0 bridgehead atoms. The van der Waals surface area contributed by atoms with E-state index in [1.807, 2.05) is 12.3 Å². The number of ether oxygens (including phenoxy) is 1. The van der Waals surface area contributed by atoms with Crippen molar-refractivity contribution in [1.82, 2.24) is 4.98 Å². The zero-order valence-electron chi connectivity index (χ0n) is 8.49. The van der Waals surface area contributed by atoms with Crippen molar-refractivity contribution in [2.45, 2.75) is 18.8 Å². The van der Waals surface area contributed by atoms with Crippen LogP contribution in [0.3, 0.4) is 0 Å². The van der Waals surface area contributed by atoms with Gasteiger partial charge in [-0.3, -0.25) is 4.98 Å². The second kappa shape index (κ2) is 3.67. The zero-order chi connectivity index (χ0) is 10.0. The highest BCUT2D eigenvalue weighted by molar-refractivity contribution is 5.28. The lowest BCUT2D eigenvalue weighted by Crippen LogP contribution is -2.37. The minimum absolute atomic E-state index is 0.0364. The monoisotopic (exact) mass is 192 g/mol. The minimum Gasteiger partial charge on any atom is -0.380 e. The molecule has 0 aliphatic carbocycles. The standard InChI is InChI=1S/C11H16N2O/c1-9-3-2-5-13-10(9)11(7-12)4-6-14-8-11/h2-3,5H,4,6-8,12H2,1H3. The van der Waals surface area contributed by atoms with E-state index in [1.165, 1.54) is 5.56 Å². The minimum atomic E-state index is -0.0364. The van der Waals surface area contributed by atoms with Gasteiger partial charge in [0.1, 0.15) is 0 Å². The predicted octanol–water partition coefficient (Wildman–Crippen LogP) is 1.01. The Kier molecular flexibility index (Phi) is 2.52. The number of aryl methyl sites for hydroxylation is 1. The second-order valence-electron chi connectivity index (χ2n) is 3.96. The van der Waals surface area contributed by atoms with Gasteiger partial charge in [-0.15, -0.1) is 0 Å². The maximum Gasteiger partial charge on any atom is 0.0591 e. The predicted molar refractivity (Wildman–Crippen MR) is 55.1 cm³/mol. The molecule has 0 saturated carbocycles. The first-order chi connectivity index (χ1) is 6.78. The number of rotatable bonds is 2. The third-order valence-electron chi connectivity index (χ3n) is 3.01. The van der Waals surface area contributed by atoms with Gasteiger partial charge in [-0.05, 0) is 25.0 Å². The Balaban J connectivity index is 2.41. The van der Waals surface area contributed by atoms with Gasteiger partial charge in [0.25, 0.3) is 0 Å². The molecule has 1 saturated heterocycles. The van der Waals surface area contributed by atoms with Gasteiger partial charge in [-0.25, -0.2) is 0 Å². The van der Waals surface area contributed by atoms with Crippen LogP contribution in [-0.4, -0.2) is 24.7 Å². The first-order valence-electron chi connectivity index (χ1n) is 4.98. The molecule has 1 aromatic rings. The van der Waals surface area contributed by atoms with Gasteiger partial charge >= 0.3 is 0 Å². The number of nitrogens with zero attached hydrogens (tertiary/aromatic N) is 1. The van der Waals surface area contributed by atoms with Crippen LogP contribution in [0.4, 0.5) is 0 Å². The van der Waals surface area contributed by atoms with E-state index in [-0.39, 0.29) is 5.41 Å². The van der Waals surface area contributed by atoms with Crippen LogP contribution in [0.25, 0.3) is 0 Å². The highest BCUT2D eigenvalue weighted by Gasteiger charge is 2.37. The van der Waals surface area contributed by atoms with E-state index in [0.717, 1.165) is 18.7 Å². The van der Waals surface area contributed by atoms with Crippen molar-refractivity contribution in [2.75, 3.05) is 19.8 Å². The summed E-state index contributed by atoms with van der Waals surface area (Å²) in [6, 6.07) is 4.04. The lowest BCUT2D eigenvalue weighted by Gasteiger charge is -2.26. The summed E-state index contributed by atoms with van der Waals surface area (Å²) in [5, 5.41) is 0. The van der Waals surface area contributed by atoms with Gasteiger partial charge < -0.3 is 10.5 Å². The fraction of sp³-hybridized carbons (Fsp3) is 0.545. The summed E-state index contributed by atoms with van der Waals surface area (Å²) in [4.78, 5) is 4.44. The average Bonchev–Trinajstić information content (AvgIpc) is 2.68. The van der Waals surface area contributed by atoms with E-state index < -0.39 is 0 Å². The summed E-state index contributed by atoms with van der Waals surface area (Å²) in [5.74, 6) is 0. The largest absolute Gasteiger partial charge is 0.380 e. The molecule has 0 radical (unpaired) electrons. The maximum atomic E-state index is 5.85. The molecule has 1 aromatic heterocycles. The van der Waals surface area contributed by atoms with E-state index in [0.29, 0.717) is 13.2 Å². The van der Waals surface area contributed by atoms with Crippen molar-refractivity contribution in [2.24, 2.45) is 5.73 Å². The van der Waals surface area contributed by atoms with Gasteiger partial charge in [-0.2, -0.15) is 0 Å². The first-order valence-corrected chi connectivity index (χ1v) is 4.98. The molecule has 2 heterocycles. The van der Waals surface area contributed by atoms with Crippen molar-refractivity contribution in [1.29, 1.82) is 0 Å². The number of pyridine rings is 1. The maximum absolute atomic E-state index is 5.85. The molecular weight excluding hydrogens is 176 g/mol. The molecule has 2 rings (SSSR count). The average molecular weight is 192 g/mol. The van der Waals surface area contributed by atoms with Crippen LogP contribution in [0, 0.1) is 6.92 Å². The van der Waals surface area contributed by atoms with Crippen LogP contribution in [0.2, 0.25) is 0 Å². The number of hydrogen-bond donors (Lipinski definition) is 1. The number of aromatic nitrogens is 1. The number of nitrogens with two attached hydrogens (primary N) is 1. The molecule has 0 aromatic carbocycles. The van der Waals surface area contributed by atoms with Crippen LogP contribution < -0.4 is 5.73 Å². The van der Waals surface area contributed by atoms with Crippen molar-refractivity contribution in [3.05, 3.63) is 29.6 Å². The molecule has 1 aliphatic rings. The quantitative estimate of drug-likeness (QED) is 0.760. The first kappa shape index (κ1) is 9.62. The van der Waals surface area contributed by atoms with Crippen LogP contribution in [-0.2, 0) is 10.2 Å². The Labute approximate surface area is 84.3 Å². The molecule has 0 amide bonds. The Bertz CT molecular complexity index is 319. The number of hydrogen-bond acceptors (Lipinski definition) is 3. The van der Waals surface area contributed by atoms with Gasteiger partial charge in [0.15, 0.2) is 0 Å². The summed E-state index contributed by atoms with van der Waals surface area (Å²) < 4.78 is 5.44. The summed E-state index contributed by atoms with van der Waals surface area (Å²) >= 11 is 0. The van der Waals surface area contributed by atoms with Crippen LogP contribution >= 0.6 is 0 Å². The smallest absolute Gasteiger partial charge is 0.0591 e. The highest BCUT2D eigenvalue weighted by Crippen LogP contribution is 2.32. The molecule has 14 heavy (non-hydrogen) atoms. The van der Waals surface area contributed by atoms with E-state index in [9.17, 15) is 0 Å². The van der Waals surface area contributed by atoms with E-state index in [1.54, 1.807) is 0 Å². The third kappa shape index (κ3) is 1.42. The van der Waals surface area contributed by atoms with E-state index >= 15 is 0 Å². The Morgan fingerprint density at radius 3 is 3.07 bits per heavy atom. The zero-order valence-corrected chi connectivity index (χ0v) is 8.49. The van der Waals surface area contributed by atoms with E-state index in [2.05, 4.69) is 18.0 Å². The normalized spacial score (nSPS) is 26.7. The molecule has 1 fully saturated rings. The molecule has 1 unspecified atom stereocenters. The van der Waals surface area contributed by atoms with Crippen molar-refractivity contribution in [3.63, 3.8) is 0 Å². The summed E-state index contributed by atoms with van der Waals surface area (Å²) in [6.07, 6.45) is 2.82. The Morgan fingerprint density at radius 2 is 2.50 bits per heavy atom. The third-order valence-corrected chi connectivity index (χ3v) is 3.01. The van der Waals surface area contributed by atoms with Crippen molar-refractivity contribution >= 4 is 0 Å². The Morgan fingerprint density at radius 1 is 1.64 bits per heavy atom. The van der Waals surface area contributed by atoms with Crippen LogP contribution in [0.15, 0.2) is 18.3 Å². The molecule has 2 N–H and O–H groups in total. The fourth-order valence-electron chi connectivity index (χ4n) is 2.09. The molecular formula is C11H16N2O. The second-order valence-corrected chi connectivity index (χ2v) is 3.96. The molecule has 0 spiro atoms. The van der Waals surface area contributed by atoms with Crippen LogP contribution in [0.1, 0.15) is 17.7 Å². The van der Waals surface area contributed by atoms with Gasteiger partial charge in [0.2, 0.25) is 0 Å². The molecule has 76 valence electrons. The highest BCUT2D eigenvalue weighted by atomic mass is 16.5. The molecule has 1 aliphatic heterocycles. The van der Waals surface area contributed by atoms with Gasteiger partial charge in [-0.1, -0.05) is 6.07 Å². The van der Waals surface area contributed by atoms with Crippen LogP contribution in [0.5, 0.6) is 0 Å². The fourth-order valence-corrected chi connectivity index (χ4v) is 2.09. The Hall–Kier alpha value is -0.930. The van der Waals surface area contributed by atoms with Gasteiger partial charge in [0.05, 0.1) is 17.7 Å². The lowest BCUT2D eigenvalue weighted by molar-refractivity contribution is 0.177. The van der Waals surface area contributed by atoms with Gasteiger partial charge in [0, 0.05) is 19.3 Å². The molecule has 3 nitrogen and oxygen atoms in total. The topological polar surface area (TPSA) is 48.1 Å². The van der Waals surface area contributed by atoms with Crippen molar-refractivity contribution < 1.29 is 4.74 Å². The lowest BCUT2D eigenvalue weighted by atomic mass is 9.81. The summed E-state index contributed by atoms with van der Waals surface area (Å²) in [7, 11) is 0. The molecule has 3 heteroatoms. The SMILES string of the molecule is Cc1cccnc1C1(CN)CCOC1. The summed E-state index contributed by atoms with van der Waals surface area (Å²) in [6.45, 7) is 4.21.